The molecule has 72 valence electrons. The van der Waals surface area contributed by atoms with Crippen LogP contribution in [-0.4, -0.2) is 28.6 Å². The Morgan fingerprint density at radius 2 is 1.64 bits per heavy atom. The van der Waals surface area contributed by atoms with E-state index in [4.69, 9.17) is 10.2 Å². The van der Waals surface area contributed by atoms with Crippen molar-refractivity contribution < 1.29 is 45.8 Å². The second-order valence-electron chi connectivity index (χ2n) is 1.92. The molecule has 0 aromatic rings. The van der Waals surface area contributed by atoms with Gasteiger partial charge in [-0.2, -0.15) is 13.2 Å². The number of halogens is 3. The summed E-state index contributed by atoms with van der Waals surface area (Å²) in [6.07, 6.45) is -8.05. The van der Waals surface area contributed by atoms with Crippen molar-refractivity contribution >= 4 is 0 Å². The average Bonchev–Trinajstić information content (AvgIpc) is 1.60. The summed E-state index contributed by atoms with van der Waals surface area (Å²) in [5.41, 5.74) is 0. The molecule has 6 heteroatoms. The molecule has 0 saturated carbocycles. The van der Waals surface area contributed by atoms with E-state index in [1.165, 1.54) is 0 Å². The quantitative estimate of drug-likeness (QED) is 0.713. The van der Waals surface area contributed by atoms with Crippen LogP contribution in [0.15, 0.2) is 0 Å². The van der Waals surface area contributed by atoms with Crippen molar-refractivity contribution in [2.75, 3.05) is 0 Å². The molecule has 11 heavy (non-hydrogen) atoms. The molecule has 2 atom stereocenters. The zero-order chi connectivity index (χ0) is 8.36. The summed E-state index contributed by atoms with van der Waals surface area (Å²) < 4.78 is 34.3. The molecule has 2 unspecified atom stereocenters. The van der Waals surface area contributed by atoms with Gasteiger partial charge in [0.05, 0.1) is 6.10 Å². The minimum absolute atomic E-state index is 0. The van der Waals surface area contributed by atoms with Crippen LogP contribution in [0.4, 0.5) is 13.2 Å². The second-order valence-corrected chi connectivity index (χ2v) is 1.92. The molecular weight excluding hydrogens is 257 g/mol. The van der Waals surface area contributed by atoms with Crippen LogP contribution in [0.1, 0.15) is 6.92 Å². The fourth-order valence-electron chi connectivity index (χ4n) is 0.373. The van der Waals surface area contributed by atoms with E-state index < -0.39 is 18.4 Å². The fraction of sp³-hybridized carbons (Fsp3) is 0.800. The summed E-state index contributed by atoms with van der Waals surface area (Å²) in [5, 5.41) is 16.6. The van der Waals surface area contributed by atoms with Crippen molar-refractivity contribution in [3.63, 3.8) is 0 Å². The van der Waals surface area contributed by atoms with Gasteiger partial charge in [0.2, 0.25) is 0 Å². The van der Waals surface area contributed by atoms with Crippen molar-refractivity contribution in [2.45, 2.75) is 25.3 Å². The zero-order valence-electron chi connectivity index (χ0n) is 5.56. The average molecular weight is 265 g/mol. The molecule has 0 spiro atoms. The molecule has 0 fully saturated rings. The van der Waals surface area contributed by atoms with Gasteiger partial charge in [-0.1, -0.05) is 0 Å². The van der Waals surface area contributed by atoms with E-state index in [1.54, 1.807) is 0 Å². The van der Waals surface area contributed by atoms with Gasteiger partial charge in [-0.25, -0.2) is 0 Å². The Hall–Kier alpha value is 0.450. The molecule has 2 nitrogen and oxygen atoms in total. The first-order valence-electron chi connectivity index (χ1n) is 2.62. The second kappa shape index (κ2) is 5.16. The Kier molecular flexibility index (Phi) is 6.57. The van der Waals surface area contributed by atoms with Crippen molar-refractivity contribution in [1.29, 1.82) is 0 Å². The third-order valence-corrected chi connectivity index (χ3v) is 0.796. The summed E-state index contributed by atoms with van der Waals surface area (Å²) in [7, 11) is 0. The summed E-state index contributed by atoms with van der Waals surface area (Å²) in [5.74, 6) is 0. The van der Waals surface area contributed by atoms with Gasteiger partial charge in [0.25, 0.3) is 0 Å². The SMILES string of the molecule is CC(O)[CH]C(O)C(F)(F)F.[Ag]. The molecule has 0 aliphatic carbocycles. The molecule has 0 heterocycles. The summed E-state index contributed by atoms with van der Waals surface area (Å²) in [6.45, 7) is 1.13. The number of aliphatic hydroxyl groups excluding tert-OH is 2. The minimum atomic E-state index is -4.67. The van der Waals surface area contributed by atoms with Crippen LogP contribution in [0.25, 0.3) is 0 Å². The molecule has 0 saturated heterocycles. The predicted octanol–water partition coefficient (Wildman–Crippen LogP) is 0.492. The molecule has 0 rings (SSSR count). The topological polar surface area (TPSA) is 40.5 Å². The zero-order valence-corrected chi connectivity index (χ0v) is 7.04. The molecule has 0 aliphatic rings. The number of hydrogen-bond donors (Lipinski definition) is 2. The summed E-state index contributed by atoms with van der Waals surface area (Å²) in [4.78, 5) is 0. The van der Waals surface area contributed by atoms with E-state index >= 15 is 0 Å². The first kappa shape index (κ1) is 14.0. The third kappa shape index (κ3) is 6.83. The Labute approximate surface area is 77.9 Å². The van der Waals surface area contributed by atoms with Crippen molar-refractivity contribution in [3.8, 4) is 0 Å². The molecule has 2 N–H and O–H groups in total. The Morgan fingerprint density at radius 3 is 1.73 bits per heavy atom. The van der Waals surface area contributed by atoms with E-state index in [0.29, 0.717) is 6.42 Å². The molecule has 0 aromatic heterocycles. The van der Waals surface area contributed by atoms with E-state index in [9.17, 15) is 13.2 Å². The van der Waals surface area contributed by atoms with Crippen LogP contribution in [-0.2, 0) is 22.4 Å². The standard InChI is InChI=1S/C5H8F3O2.Ag/c1-3(9)2-4(10)5(6,7)8;/h2-4,9-10H,1H3;. The number of aliphatic hydroxyl groups is 2. The monoisotopic (exact) mass is 264 g/mol. The maximum absolute atomic E-state index is 11.4. The maximum atomic E-state index is 11.4. The number of hydrogen-bond acceptors (Lipinski definition) is 2. The molecular formula is C5H8AgF3O2. The minimum Gasteiger partial charge on any atom is -0.393 e. The van der Waals surface area contributed by atoms with Gasteiger partial charge in [-0.05, 0) is 6.92 Å². The number of alkyl halides is 3. The van der Waals surface area contributed by atoms with E-state index in [1.807, 2.05) is 0 Å². The van der Waals surface area contributed by atoms with Crippen LogP contribution >= 0.6 is 0 Å². The first-order chi connectivity index (χ1) is 4.34. The Bertz CT molecular complexity index is 104. The molecule has 0 amide bonds. The van der Waals surface area contributed by atoms with Crippen LogP contribution in [0.5, 0.6) is 0 Å². The van der Waals surface area contributed by atoms with Crippen molar-refractivity contribution in [2.24, 2.45) is 0 Å². The van der Waals surface area contributed by atoms with Crippen LogP contribution in [0, 0.1) is 6.42 Å². The van der Waals surface area contributed by atoms with Crippen molar-refractivity contribution in [3.05, 3.63) is 6.42 Å². The predicted molar refractivity (Wildman–Crippen MR) is 28.0 cm³/mol. The van der Waals surface area contributed by atoms with Crippen molar-refractivity contribution in [1.82, 2.24) is 0 Å². The fourth-order valence-corrected chi connectivity index (χ4v) is 0.373. The van der Waals surface area contributed by atoms with E-state index in [2.05, 4.69) is 0 Å². The summed E-state index contributed by atoms with van der Waals surface area (Å²) in [6, 6.07) is 0. The van der Waals surface area contributed by atoms with Gasteiger partial charge in [0, 0.05) is 28.8 Å². The van der Waals surface area contributed by atoms with Gasteiger partial charge in [-0.3, -0.25) is 0 Å². The normalized spacial score (nSPS) is 16.9. The Morgan fingerprint density at radius 1 is 1.27 bits per heavy atom. The van der Waals surface area contributed by atoms with E-state index in [-0.39, 0.29) is 22.4 Å². The van der Waals surface area contributed by atoms with Gasteiger partial charge in [0.15, 0.2) is 6.10 Å². The molecule has 0 aliphatic heterocycles. The first-order valence-corrected chi connectivity index (χ1v) is 2.62. The smallest absolute Gasteiger partial charge is 0.393 e. The third-order valence-electron chi connectivity index (χ3n) is 0.796. The van der Waals surface area contributed by atoms with Crippen LogP contribution in [0.3, 0.4) is 0 Å². The van der Waals surface area contributed by atoms with Crippen LogP contribution in [0.2, 0.25) is 0 Å². The maximum Gasteiger partial charge on any atom is 0.414 e. The molecule has 0 aromatic carbocycles. The van der Waals surface area contributed by atoms with Gasteiger partial charge in [-0.15, -0.1) is 0 Å². The summed E-state index contributed by atoms with van der Waals surface area (Å²) >= 11 is 0. The van der Waals surface area contributed by atoms with Gasteiger partial charge >= 0.3 is 6.18 Å². The largest absolute Gasteiger partial charge is 0.414 e. The number of rotatable bonds is 2. The van der Waals surface area contributed by atoms with Gasteiger partial charge in [0.1, 0.15) is 0 Å². The van der Waals surface area contributed by atoms with Crippen LogP contribution < -0.4 is 0 Å². The van der Waals surface area contributed by atoms with E-state index in [0.717, 1.165) is 6.92 Å². The Balaban J connectivity index is 0. The molecule has 0 bridgehead atoms. The molecule has 2 radical (unpaired) electrons. The van der Waals surface area contributed by atoms with Gasteiger partial charge < -0.3 is 10.2 Å².